The Morgan fingerprint density at radius 3 is 2.57 bits per heavy atom. The fraction of sp³-hybridized carbons (Fsp3) is 0.562. The van der Waals surface area contributed by atoms with E-state index < -0.39 is 5.60 Å². The van der Waals surface area contributed by atoms with Crippen molar-refractivity contribution in [2.45, 2.75) is 31.9 Å². The van der Waals surface area contributed by atoms with Gasteiger partial charge in [0.1, 0.15) is 0 Å². The molecule has 1 aromatic carbocycles. The van der Waals surface area contributed by atoms with Gasteiger partial charge in [-0.15, -0.1) is 0 Å². The first-order chi connectivity index (χ1) is 9.98. The third-order valence-electron chi connectivity index (χ3n) is 3.35. The van der Waals surface area contributed by atoms with Crippen LogP contribution in [0.25, 0.3) is 0 Å². The molecule has 118 valence electrons. The maximum atomic E-state index is 11.4. The fourth-order valence-electron chi connectivity index (χ4n) is 2.01. The zero-order chi connectivity index (χ0) is 15.7. The fourth-order valence-corrected chi connectivity index (χ4v) is 2.01. The van der Waals surface area contributed by atoms with Gasteiger partial charge in [0, 0.05) is 33.2 Å². The number of aliphatic hydroxyl groups is 1. The highest BCUT2D eigenvalue weighted by molar-refractivity contribution is 5.72. The zero-order valence-corrected chi connectivity index (χ0v) is 13.0. The molecule has 0 saturated heterocycles. The molecule has 0 aromatic heterocycles. The third kappa shape index (κ3) is 6.71. The molecule has 1 atom stereocenters. The van der Waals surface area contributed by atoms with Crippen LogP contribution in [0.5, 0.6) is 0 Å². The average Bonchev–Trinajstić information content (AvgIpc) is 2.46. The number of hydrogen-bond donors (Lipinski definition) is 2. The van der Waals surface area contributed by atoms with E-state index in [1.54, 1.807) is 14.0 Å². The standard InChI is InChI=1S/C16H25NO4/c1-16(19,8-9-20-2)12-17-11-14-7-5-4-6-13(14)10-15(18)21-3/h4-7,17,19H,8-12H2,1-3H3. The van der Waals surface area contributed by atoms with Gasteiger partial charge in [-0.2, -0.15) is 0 Å². The third-order valence-corrected chi connectivity index (χ3v) is 3.35. The second-order valence-corrected chi connectivity index (χ2v) is 5.36. The summed E-state index contributed by atoms with van der Waals surface area (Å²) in [6.45, 7) is 3.35. The van der Waals surface area contributed by atoms with Gasteiger partial charge >= 0.3 is 5.97 Å². The molecule has 0 aliphatic carbocycles. The molecule has 1 unspecified atom stereocenters. The molecular formula is C16H25NO4. The van der Waals surface area contributed by atoms with Crippen molar-refractivity contribution in [2.75, 3.05) is 27.4 Å². The van der Waals surface area contributed by atoms with Gasteiger partial charge in [-0.1, -0.05) is 24.3 Å². The van der Waals surface area contributed by atoms with Crippen LogP contribution in [-0.4, -0.2) is 44.0 Å². The Hall–Kier alpha value is -1.43. The molecule has 0 spiro atoms. The van der Waals surface area contributed by atoms with E-state index in [-0.39, 0.29) is 12.4 Å². The summed E-state index contributed by atoms with van der Waals surface area (Å²) in [5, 5.41) is 13.4. The van der Waals surface area contributed by atoms with Gasteiger partial charge in [0.2, 0.25) is 0 Å². The van der Waals surface area contributed by atoms with Crippen LogP contribution in [0.4, 0.5) is 0 Å². The van der Waals surface area contributed by atoms with Crippen LogP contribution in [0.15, 0.2) is 24.3 Å². The Morgan fingerprint density at radius 1 is 1.29 bits per heavy atom. The van der Waals surface area contributed by atoms with Crippen molar-refractivity contribution in [3.8, 4) is 0 Å². The quantitative estimate of drug-likeness (QED) is 0.672. The maximum Gasteiger partial charge on any atom is 0.309 e. The summed E-state index contributed by atoms with van der Waals surface area (Å²) >= 11 is 0. The SMILES string of the molecule is COCCC(C)(O)CNCc1ccccc1CC(=O)OC. The summed E-state index contributed by atoms with van der Waals surface area (Å²) in [6.07, 6.45) is 0.828. The summed E-state index contributed by atoms with van der Waals surface area (Å²) < 4.78 is 9.68. The lowest BCUT2D eigenvalue weighted by Crippen LogP contribution is -2.38. The van der Waals surface area contributed by atoms with Crippen LogP contribution in [0.3, 0.4) is 0 Å². The van der Waals surface area contributed by atoms with E-state index in [1.807, 2.05) is 24.3 Å². The molecule has 1 aromatic rings. The first-order valence-corrected chi connectivity index (χ1v) is 7.04. The lowest BCUT2D eigenvalue weighted by atomic mass is 10.0. The van der Waals surface area contributed by atoms with Gasteiger partial charge in [0.25, 0.3) is 0 Å². The monoisotopic (exact) mass is 295 g/mol. The number of nitrogens with one attached hydrogen (secondary N) is 1. The summed E-state index contributed by atoms with van der Waals surface area (Å²) in [7, 11) is 3.00. The Kier molecular flexibility index (Phi) is 7.36. The van der Waals surface area contributed by atoms with Crippen molar-refractivity contribution in [3.63, 3.8) is 0 Å². The van der Waals surface area contributed by atoms with Crippen LogP contribution in [0.1, 0.15) is 24.5 Å². The topological polar surface area (TPSA) is 67.8 Å². The largest absolute Gasteiger partial charge is 0.469 e. The van der Waals surface area contributed by atoms with Crippen LogP contribution < -0.4 is 5.32 Å². The van der Waals surface area contributed by atoms with Gasteiger partial charge in [0.15, 0.2) is 0 Å². The van der Waals surface area contributed by atoms with Crippen LogP contribution in [0.2, 0.25) is 0 Å². The predicted octanol–water partition coefficient (Wildman–Crippen LogP) is 1.28. The Balaban J connectivity index is 2.53. The molecule has 1 rings (SSSR count). The smallest absolute Gasteiger partial charge is 0.309 e. The number of carbonyl (C=O) groups is 1. The summed E-state index contributed by atoms with van der Waals surface area (Å²) in [4.78, 5) is 11.4. The average molecular weight is 295 g/mol. The second kappa shape index (κ2) is 8.77. The molecule has 0 radical (unpaired) electrons. The van der Waals surface area contributed by atoms with Crippen molar-refractivity contribution in [2.24, 2.45) is 0 Å². The Morgan fingerprint density at radius 2 is 1.95 bits per heavy atom. The van der Waals surface area contributed by atoms with E-state index in [0.29, 0.717) is 26.1 Å². The highest BCUT2D eigenvalue weighted by Crippen LogP contribution is 2.12. The van der Waals surface area contributed by atoms with Gasteiger partial charge in [-0.05, 0) is 18.1 Å². The Labute approximate surface area is 126 Å². The van der Waals surface area contributed by atoms with Crippen molar-refractivity contribution < 1.29 is 19.4 Å². The van der Waals surface area contributed by atoms with E-state index in [9.17, 15) is 9.90 Å². The molecule has 0 aliphatic rings. The Bertz CT molecular complexity index is 446. The molecule has 0 amide bonds. The highest BCUT2D eigenvalue weighted by Gasteiger charge is 2.19. The zero-order valence-electron chi connectivity index (χ0n) is 13.0. The molecule has 0 fully saturated rings. The lowest BCUT2D eigenvalue weighted by molar-refractivity contribution is -0.139. The molecule has 0 aliphatic heterocycles. The van der Waals surface area contributed by atoms with Gasteiger partial charge in [-0.3, -0.25) is 4.79 Å². The lowest BCUT2D eigenvalue weighted by Gasteiger charge is -2.23. The highest BCUT2D eigenvalue weighted by atomic mass is 16.5. The minimum absolute atomic E-state index is 0.255. The normalized spacial score (nSPS) is 13.7. The maximum absolute atomic E-state index is 11.4. The number of carbonyl (C=O) groups excluding carboxylic acids is 1. The first-order valence-electron chi connectivity index (χ1n) is 7.04. The van der Waals surface area contributed by atoms with Crippen molar-refractivity contribution >= 4 is 5.97 Å². The van der Waals surface area contributed by atoms with E-state index in [2.05, 4.69) is 5.32 Å². The molecule has 0 heterocycles. The van der Waals surface area contributed by atoms with Crippen molar-refractivity contribution in [1.82, 2.24) is 5.32 Å². The molecule has 0 saturated carbocycles. The number of rotatable bonds is 9. The van der Waals surface area contributed by atoms with E-state index >= 15 is 0 Å². The van der Waals surface area contributed by atoms with Gasteiger partial charge in [0.05, 0.1) is 19.1 Å². The molecule has 21 heavy (non-hydrogen) atoms. The first kappa shape index (κ1) is 17.6. The summed E-state index contributed by atoms with van der Waals surface area (Å²) in [5.74, 6) is -0.255. The van der Waals surface area contributed by atoms with E-state index in [0.717, 1.165) is 11.1 Å². The van der Waals surface area contributed by atoms with Crippen molar-refractivity contribution in [3.05, 3.63) is 35.4 Å². The second-order valence-electron chi connectivity index (χ2n) is 5.36. The molecular weight excluding hydrogens is 270 g/mol. The number of benzene rings is 1. The van der Waals surface area contributed by atoms with E-state index in [4.69, 9.17) is 9.47 Å². The summed E-state index contributed by atoms with van der Waals surface area (Å²) in [6, 6.07) is 7.71. The van der Waals surface area contributed by atoms with Gasteiger partial charge < -0.3 is 19.9 Å². The number of hydrogen-bond acceptors (Lipinski definition) is 5. The number of esters is 1. The minimum Gasteiger partial charge on any atom is -0.469 e. The number of ether oxygens (including phenoxy) is 2. The minimum atomic E-state index is -0.812. The molecule has 2 N–H and O–H groups in total. The van der Waals surface area contributed by atoms with Crippen LogP contribution >= 0.6 is 0 Å². The van der Waals surface area contributed by atoms with Crippen LogP contribution in [-0.2, 0) is 27.2 Å². The van der Waals surface area contributed by atoms with Crippen molar-refractivity contribution in [1.29, 1.82) is 0 Å². The van der Waals surface area contributed by atoms with E-state index in [1.165, 1.54) is 7.11 Å². The van der Waals surface area contributed by atoms with Crippen LogP contribution in [0, 0.1) is 0 Å². The molecule has 5 nitrogen and oxygen atoms in total. The predicted molar refractivity (Wildman–Crippen MR) is 81.0 cm³/mol. The molecule has 0 bridgehead atoms. The molecule has 5 heteroatoms. The van der Waals surface area contributed by atoms with Gasteiger partial charge in [-0.25, -0.2) is 0 Å². The number of methoxy groups -OCH3 is 2. The summed E-state index contributed by atoms with van der Waals surface area (Å²) in [5.41, 5.74) is 1.16.